The van der Waals surface area contributed by atoms with E-state index < -0.39 is 5.60 Å². The molecule has 0 fully saturated rings. The molecule has 0 spiro atoms. The molecule has 1 unspecified atom stereocenters. The van der Waals surface area contributed by atoms with Gasteiger partial charge in [-0.2, -0.15) is 0 Å². The summed E-state index contributed by atoms with van der Waals surface area (Å²) in [6.45, 7) is 3.35. The number of hydrogen-bond acceptors (Lipinski definition) is 6. The molecule has 0 saturated heterocycles. The van der Waals surface area contributed by atoms with Crippen LogP contribution in [0.4, 0.5) is 0 Å². The summed E-state index contributed by atoms with van der Waals surface area (Å²) in [5, 5.41) is 18.0. The molecular weight excluding hydrogens is 302 g/mol. The van der Waals surface area contributed by atoms with Crippen molar-refractivity contribution >= 4 is 28.4 Å². The molecule has 1 aromatic carbocycles. The van der Waals surface area contributed by atoms with Gasteiger partial charge in [0.15, 0.2) is 0 Å². The van der Waals surface area contributed by atoms with Gasteiger partial charge in [-0.25, -0.2) is 0 Å². The topological polar surface area (TPSA) is 88.2 Å². The monoisotopic (exact) mass is 317 g/mol. The van der Waals surface area contributed by atoms with E-state index in [0.29, 0.717) is 21.9 Å². The van der Waals surface area contributed by atoms with Crippen LogP contribution in [-0.2, 0) is 5.60 Å². The molecule has 6 nitrogen and oxygen atoms in total. The molecule has 3 aromatic rings. The molecule has 7 heteroatoms. The molecule has 0 aliphatic rings. The van der Waals surface area contributed by atoms with Gasteiger partial charge in [-0.1, -0.05) is 22.7 Å². The average Bonchev–Trinajstić information content (AvgIpc) is 3.11. The zero-order valence-electron chi connectivity index (χ0n) is 12.2. The van der Waals surface area contributed by atoms with E-state index in [1.54, 1.807) is 19.9 Å². The number of aliphatic hydroxyl groups is 1. The predicted octanol–water partition coefficient (Wildman–Crippen LogP) is 2.23. The van der Waals surface area contributed by atoms with Crippen LogP contribution >= 0.6 is 11.5 Å². The highest BCUT2D eigenvalue weighted by Gasteiger charge is 2.28. The Morgan fingerprint density at radius 3 is 2.91 bits per heavy atom. The molecule has 0 saturated carbocycles. The van der Waals surface area contributed by atoms with Crippen LogP contribution in [0, 0.1) is 6.92 Å². The van der Waals surface area contributed by atoms with Gasteiger partial charge < -0.3 is 14.8 Å². The van der Waals surface area contributed by atoms with E-state index in [9.17, 15) is 9.90 Å². The summed E-state index contributed by atoms with van der Waals surface area (Å²) in [5.41, 5.74) is -0.0294. The van der Waals surface area contributed by atoms with Gasteiger partial charge in [-0.05, 0) is 37.5 Å². The minimum Gasteiger partial charge on any atom is -0.458 e. The molecule has 2 heterocycles. The van der Waals surface area contributed by atoms with E-state index in [1.807, 2.05) is 24.3 Å². The number of nitrogens with one attached hydrogen (secondary N) is 1. The van der Waals surface area contributed by atoms with Crippen LogP contribution in [0.25, 0.3) is 11.0 Å². The van der Waals surface area contributed by atoms with Crippen LogP contribution in [0.15, 0.2) is 34.7 Å². The molecular formula is C15H15N3O3S. The van der Waals surface area contributed by atoms with E-state index in [1.165, 1.54) is 0 Å². The summed E-state index contributed by atoms with van der Waals surface area (Å²) >= 11 is 1.03. The van der Waals surface area contributed by atoms with Crippen molar-refractivity contribution in [1.82, 2.24) is 14.9 Å². The van der Waals surface area contributed by atoms with E-state index in [0.717, 1.165) is 16.9 Å². The van der Waals surface area contributed by atoms with Crippen molar-refractivity contribution in [2.24, 2.45) is 0 Å². The van der Waals surface area contributed by atoms with E-state index in [4.69, 9.17) is 4.42 Å². The second-order valence-corrected chi connectivity index (χ2v) is 6.05. The van der Waals surface area contributed by atoms with E-state index in [-0.39, 0.29) is 12.5 Å². The Morgan fingerprint density at radius 2 is 2.23 bits per heavy atom. The third kappa shape index (κ3) is 2.72. The normalized spacial score (nSPS) is 14.0. The lowest BCUT2D eigenvalue weighted by molar-refractivity contribution is 0.0345. The van der Waals surface area contributed by atoms with Crippen molar-refractivity contribution in [2.45, 2.75) is 19.4 Å². The Kier molecular flexibility index (Phi) is 3.67. The minimum atomic E-state index is -1.30. The fourth-order valence-electron chi connectivity index (χ4n) is 2.11. The van der Waals surface area contributed by atoms with Crippen LogP contribution in [0.1, 0.15) is 28.0 Å². The quantitative estimate of drug-likeness (QED) is 0.770. The van der Waals surface area contributed by atoms with Gasteiger partial charge >= 0.3 is 0 Å². The number of rotatable bonds is 4. The smallest absolute Gasteiger partial charge is 0.265 e. The highest BCUT2D eigenvalue weighted by molar-refractivity contribution is 7.07. The summed E-state index contributed by atoms with van der Waals surface area (Å²) in [6, 6.07) is 9.29. The molecule has 0 bridgehead atoms. The number of furan rings is 1. The maximum absolute atomic E-state index is 12.1. The number of amides is 1. The first kappa shape index (κ1) is 14.7. The molecule has 0 aliphatic heterocycles. The zero-order chi connectivity index (χ0) is 15.7. The molecule has 114 valence electrons. The third-order valence-electron chi connectivity index (χ3n) is 3.41. The maximum Gasteiger partial charge on any atom is 0.265 e. The van der Waals surface area contributed by atoms with Gasteiger partial charge in [0.25, 0.3) is 5.91 Å². The van der Waals surface area contributed by atoms with Gasteiger partial charge in [-0.15, -0.1) is 5.10 Å². The number of hydrogen-bond donors (Lipinski definition) is 2. The first-order chi connectivity index (χ1) is 10.5. The van der Waals surface area contributed by atoms with Crippen molar-refractivity contribution in [1.29, 1.82) is 0 Å². The van der Waals surface area contributed by atoms with E-state index >= 15 is 0 Å². The number of para-hydroxylation sites is 1. The fourth-order valence-corrected chi connectivity index (χ4v) is 2.68. The van der Waals surface area contributed by atoms with Crippen molar-refractivity contribution in [3.63, 3.8) is 0 Å². The summed E-state index contributed by atoms with van der Waals surface area (Å²) in [7, 11) is 0. The summed E-state index contributed by atoms with van der Waals surface area (Å²) < 4.78 is 9.38. The predicted molar refractivity (Wildman–Crippen MR) is 82.8 cm³/mol. The zero-order valence-corrected chi connectivity index (χ0v) is 13.0. The minimum absolute atomic E-state index is 0.0307. The number of fused-ring (bicyclic) bond motifs is 1. The SMILES string of the molecule is Cc1nnsc1C(=O)NCC(C)(O)c1cc2ccccc2o1. The second-order valence-electron chi connectivity index (χ2n) is 5.29. The average molecular weight is 317 g/mol. The molecule has 0 radical (unpaired) electrons. The second kappa shape index (κ2) is 5.51. The Bertz CT molecular complexity index is 789. The van der Waals surface area contributed by atoms with Gasteiger partial charge in [0.05, 0.1) is 12.2 Å². The standard InChI is InChI=1S/C15H15N3O3S/c1-9-13(22-18-17-9)14(19)16-8-15(2,20)12-7-10-5-3-4-6-11(10)21-12/h3-7,20H,8H2,1-2H3,(H,16,19). The van der Waals surface area contributed by atoms with Crippen LogP contribution in [0.5, 0.6) is 0 Å². The van der Waals surface area contributed by atoms with Crippen molar-refractivity contribution < 1.29 is 14.3 Å². The lowest BCUT2D eigenvalue weighted by Crippen LogP contribution is -2.38. The Hall–Kier alpha value is -2.25. The van der Waals surface area contributed by atoms with Gasteiger partial charge in [-0.3, -0.25) is 4.79 Å². The van der Waals surface area contributed by atoms with Gasteiger partial charge in [0, 0.05) is 5.39 Å². The van der Waals surface area contributed by atoms with Crippen LogP contribution in [0.3, 0.4) is 0 Å². The first-order valence-corrected chi connectivity index (χ1v) is 7.53. The molecule has 0 aliphatic carbocycles. The number of benzene rings is 1. The highest BCUT2D eigenvalue weighted by Crippen LogP contribution is 2.27. The molecule has 2 aromatic heterocycles. The Balaban J connectivity index is 1.75. The summed E-state index contributed by atoms with van der Waals surface area (Å²) in [6.07, 6.45) is 0. The van der Waals surface area contributed by atoms with Gasteiger partial charge in [0.1, 0.15) is 21.8 Å². The highest BCUT2D eigenvalue weighted by atomic mass is 32.1. The van der Waals surface area contributed by atoms with Gasteiger partial charge in [0.2, 0.25) is 0 Å². The Morgan fingerprint density at radius 1 is 1.45 bits per heavy atom. The van der Waals surface area contributed by atoms with Crippen LogP contribution < -0.4 is 5.32 Å². The summed E-state index contributed by atoms with van der Waals surface area (Å²) in [4.78, 5) is 12.5. The number of nitrogens with zero attached hydrogens (tertiary/aromatic N) is 2. The first-order valence-electron chi connectivity index (χ1n) is 6.76. The van der Waals surface area contributed by atoms with E-state index in [2.05, 4.69) is 14.9 Å². The maximum atomic E-state index is 12.1. The van der Waals surface area contributed by atoms with Crippen LogP contribution in [-0.4, -0.2) is 27.1 Å². The lowest BCUT2D eigenvalue weighted by atomic mass is 10.0. The number of aryl methyl sites for hydroxylation is 1. The van der Waals surface area contributed by atoms with Crippen molar-refractivity contribution in [2.75, 3.05) is 6.54 Å². The Labute approximate surface area is 130 Å². The summed E-state index contributed by atoms with van der Waals surface area (Å²) in [5.74, 6) is 0.108. The fraction of sp³-hybridized carbons (Fsp3) is 0.267. The molecule has 1 amide bonds. The number of carbonyl (C=O) groups excluding carboxylic acids is 1. The molecule has 2 N–H and O–H groups in total. The van der Waals surface area contributed by atoms with Crippen molar-refractivity contribution in [3.8, 4) is 0 Å². The van der Waals surface area contributed by atoms with Crippen molar-refractivity contribution in [3.05, 3.63) is 46.7 Å². The number of carbonyl (C=O) groups is 1. The lowest BCUT2D eigenvalue weighted by Gasteiger charge is -2.20. The largest absolute Gasteiger partial charge is 0.458 e. The molecule has 1 atom stereocenters. The third-order valence-corrected chi connectivity index (χ3v) is 4.23. The molecule has 3 rings (SSSR count). The number of aromatic nitrogens is 2. The van der Waals surface area contributed by atoms with Crippen LogP contribution in [0.2, 0.25) is 0 Å². The molecule has 22 heavy (non-hydrogen) atoms.